The van der Waals surface area contributed by atoms with Gasteiger partial charge in [-0.2, -0.15) is 0 Å². The monoisotopic (exact) mass is 385 g/mol. The first-order valence-corrected chi connectivity index (χ1v) is 10.3. The Morgan fingerprint density at radius 2 is 1.89 bits per heavy atom. The molecule has 144 valence electrons. The summed E-state index contributed by atoms with van der Waals surface area (Å²) in [5.41, 5.74) is 1.31. The largest absolute Gasteiger partial charge is 0.348 e. The summed E-state index contributed by atoms with van der Waals surface area (Å²) in [5, 5.41) is 4.90. The molecule has 1 atom stereocenters. The lowest BCUT2D eigenvalue weighted by atomic mass is 10.1. The summed E-state index contributed by atoms with van der Waals surface area (Å²) in [6.07, 6.45) is 1.29. The molecule has 0 radical (unpaired) electrons. The number of thiophene rings is 1. The van der Waals surface area contributed by atoms with E-state index in [0.29, 0.717) is 6.42 Å². The zero-order valence-corrected chi connectivity index (χ0v) is 16.6. The molecule has 1 aliphatic heterocycles. The molecule has 1 aromatic heterocycles. The lowest BCUT2D eigenvalue weighted by molar-refractivity contribution is -0.131. The average Bonchev–Trinajstić information content (AvgIpc) is 3.09. The zero-order valence-electron chi connectivity index (χ0n) is 15.8. The van der Waals surface area contributed by atoms with E-state index in [1.165, 1.54) is 12.5 Å². The van der Waals surface area contributed by atoms with Gasteiger partial charge in [-0.15, -0.1) is 11.3 Å². The maximum Gasteiger partial charge on any atom is 0.225 e. The van der Waals surface area contributed by atoms with Crippen molar-refractivity contribution in [2.24, 2.45) is 0 Å². The third kappa shape index (κ3) is 5.91. The molecule has 2 aromatic rings. The summed E-state index contributed by atoms with van der Waals surface area (Å²) in [7, 11) is 0. The third-order valence-corrected chi connectivity index (χ3v) is 5.82. The molecule has 1 aromatic carbocycles. The quantitative estimate of drug-likeness (QED) is 0.832. The Kier molecular flexibility index (Phi) is 7.01. The van der Waals surface area contributed by atoms with Crippen molar-refractivity contribution in [1.29, 1.82) is 0 Å². The minimum absolute atomic E-state index is 0.105. The third-order valence-electron chi connectivity index (χ3n) is 4.83. The number of hydrogen-bond acceptors (Lipinski definition) is 4. The summed E-state index contributed by atoms with van der Waals surface area (Å²) in [5.74, 6) is 0.00909. The van der Waals surface area contributed by atoms with Crippen molar-refractivity contribution in [2.45, 2.75) is 32.4 Å². The maximum atomic E-state index is 12.9. The second-order valence-electron chi connectivity index (χ2n) is 6.97. The Bertz CT molecular complexity index is 733. The molecule has 3 rings (SSSR count). The first kappa shape index (κ1) is 19.6. The molecular formula is C21H27N3O2S. The van der Waals surface area contributed by atoms with Gasteiger partial charge >= 0.3 is 0 Å². The normalized spacial score (nSPS) is 16.6. The van der Waals surface area contributed by atoms with E-state index in [1.807, 2.05) is 28.5 Å². The summed E-state index contributed by atoms with van der Waals surface area (Å²) in [6.45, 7) is 5.82. The van der Waals surface area contributed by atoms with Crippen molar-refractivity contribution in [2.75, 3.05) is 26.2 Å². The molecule has 2 amide bonds. The van der Waals surface area contributed by atoms with E-state index in [-0.39, 0.29) is 17.9 Å². The van der Waals surface area contributed by atoms with Gasteiger partial charge in [0.1, 0.15) is 0 Å². The van der Waals surface area contributed by atoms with Crippen LogP contribution in [0.2, 0.25) is 0 Å². The number of nitrogens with one attached hydrogen (secondary N) is 1. The number of carbonyl (C=O) groups excluding carboxylic acids is 2. The van der Waals surface area contributed by atoms with Crippen LogP contribution in [0.1, 0.15) is 36.2 Å². The SMILES string of the molecule is CC(=O)N[C@@H](CC(=O)N1CCCN(Cc2ccccc2)CC1)c1cccs1. The number of benzene rings is 1. The van der Waals surface area contributed by atoms with Crippen LogP contribution in [0.15, 0.2) is 47.8 Å². The van der Waals surface area contributed by atoms with E-state index < -0.39 is 0 Å². The maximum absolute atomic E-state index is 12.9. The Hall–Kier alpha value is -2.18. The Morgan fingerprint density at radius 1 is 1.07 bits per heavy atom. The molecule has 0 spiro atoms. The molecule has 6 heteroatoms. The van der Waals surface area contributed by atoms with E-state index >= 15 is 0 Å². The first-order chi connectivity index (χ1) is 13.1. The fourth-order valence-corrected chi connectivity index (χ4v) is 4.26. The number of rotatable bonds is 6. The lowest BCUT2D eigenvalue weighted by Crippen LogP contribution is -2.38. The zero-order chi connectivity index (χ0) is 19.1. The molecule has 2 heterocycles. The highest BCUT2D eigenvalue weighted by atomic mass is 32.1. The Morgan fingerprint density at radius 3 is 2.59 bits per heavy atom. The smallest absolute Gasteiger partial charge is 0.225 e. The molecule has 0 aliphatic carbocycles. The lowest BCUT2D eigenvalue weighted by Gasteiger charge is -2.24. The van der Waals surface area contributed by atoms with Crippen LogP contribution in [0.25, 0.3) is 0 Å². The van der Waals surface area contributed by atoms with E-state index in [2.05, 4.69) is 34.5 Å². The van der Waals surface area contributed by atoms with Gasteiger partial charge < -0.3 is 10.2 Å². The summed E-state index contributed by atoms with van der Waals surface area (Å²) < 4.78 is 0. The van der Waals surface area contributed by atoms with E-state index in [0.717, 1.165) is 44.0 Å². The van der Waals surface area contributed by atoms with Gasteiger partial charge in [0.15, 0.2) is 0 Å². The summed E-state index contributed by atoms with van der Waals surface area (Å²) >= 11 is 1.57. The minimum atomic E-state index is -0.237. The molecule has 0 saturated carbocycles. The van der Waals surface area contributed by atoms with Crippen molar-refractivity contribution in [3.05, 3.63) is 58.3 Å². The van der Waals surface area contributed by atoms with Crippen LogP contribution in [0, 0.1) is 0 Å². The van der Waals surface area contributed by atoms with Crippen LogP contribution in [-0.4, -0.2) is 47.8 Å². The van der Waals surface area contributed by atoms with Crippen LogP contribution in [0.3, 0.4) is 0 Å². The van der Waals surface area contributed by atoms with Crippen molar-refractivity contribution in [3.8, 4) is 0 Å². The van der Waals surface area contributed by atoms with Crippen molar-refractivity contribution in [1.82, 2.24) is 15.1 Å². The number of carbonyl (C=O) groups is 2. The highest BCUT2D eigenvalue weighted by molar-refractivity contribution is 7.10. The molecule has 5 nitrogen and oxygen atoms in total. The van der Waals surface area contributed by atoms with Gasteiger partial charge in [-0.3, -0.25) is 14.5 Å². The van der Waals surface area contributed by atoms with Gasteiger partial charge in [-0.05, 0) is 23.4 Å². The fraction of sp³-hybridized carbons (Fsp3) is 0.429. The van der Waals surface area contributed by atoms with Gasteiger partial charge in [0.05, 0.1) is 12.5 Å². The van der Waals surface area contributed by atoms with E-state index in [9.17, 15) is 9.59 Å². The molecule has 1 aliphatic rings. The standard InChI is InChI=1S/C21H27N3O2S/c1-17(25)22-19(20-9-5-14-27-20)15-21(26)24-11-6-10-23(12-13-24)16-18-7-3-2-4-8-18/h2-5,7-9,14,19H,6,10-13,15-16H2,1H3,(H,22,25)/t19-/m0/s1. The highest BCUT2D eigenvalue weighted by Gasteiger charge is 2.24. The van der Waals surface area contributed by atoms with Gasteiger partial charge in [0.25, 0.3) is 0 Å². The number of amides is 2. The fourth-order valence-electron chi connectivity index (χ4n) is 3.48. The van der Waals surface area contributed by atoms with Gasteiger partial charge in [-0.25, -0.2) is 0 Å². The van der Waals surface area contributed by atoms with Crippen LogP contribution >= 0.6 is 11.3 Å². The van der Waals surface area contributed by atoms with Gasteiger partial charge in [0.2, 0.25) is 11.8 Å². The van der Waals surface area contributed by atoms with Crippen LogP contribution in [-0.2, 0) is 16.1 Å². The Balaban J connectivity index is 1.56. The summed E-state index contributed by atoms with van der Waals surface area (Å²) in [6, 6.07) is 14.1. The number of nitrogens with zero attached hydrogens (tertiary/aromatic N) is 2. The summed E-state index contributed by atoms with van der Waals surface area (Å²) in [4.78, 5) is 29.8. The minimum Gasteiger partial charge on any atom is -0.348 e. The van der Waals surface area contributed by atoms with Crippen molar-refractivity contribution < 1.29 is 9.59 Å². The topological polar surface area (TPSA) is 52.7 Å². The molecule has 0 bridgehead atoms. The van der Waals surface area contributed by atoms with Crippen LogP contribution < -0.4 is 5.32 Å². The van der Waals surface area contributed by atoms with E-state index in [4.69, 9.17) is 0 Å². The predicted octanol–water partition coefficient (Wildman–Crippen LogP) is 3.05. The molecule has 1 fully saturated rings. The molecule has 27 heavy (non-hydrogen) atoms. The highest BCUT2D eigenvalue weighted by Crippen LogP contribution is 2.23. The van der Waals surface area contributed by atoms with Crippen LogP contribution in [0.4, 0.5) is 0 Å². The molecule has 1 saturated heterocycles. The predicted molar refractivity (Wildman–Crippen MR) is 108 cm³/mol. The van der Waals surface area contributed by atoms with Crippen LogP contribution in [0.5, 0.6) is 0 Å². The number of hydrogen-bond donors (Lipinski definition) is 1. The second kappa shape index (κ2) is 9.67. The average molecular weight is 386 g/mol. The second-order valence-corrected chi connectivity index (χ2v) is 7.95. The molecule has 0 unspecified atom stereocenters. The molecule has 1 N–H and O–H groups in total. The van der Waals surface area contributed by atoms with Gasteiger partial charge in [-0.1, -0.05) is 36.4 Å². The first-order valence-electron chi connectivity index (χ1n) is 9.46. The van der Waals surface area contributed by atoms with E-state index in [1.54, 1.807) is 11.3 Å². The van der Waals surface area contributed by atoms with Crippen molar-refractivity contribution >= 4 is 23.2 Å². The van der Waals surface area contributed by atoms with Gasteiger partial charge in [0, 0.05) is 44.5 Å². The molecular weight excluding hydrogens is 358 g/mol. The Labute approximate surface area is 165 Å². The van der Waals surface area contributed by atoms with Crippen molar-refractivity contribution in [3.63, 3.8) is 0 Å².